The Morgan fingerprint density at radius 1 is 1.46 bits per heavy atom. The molecule has 0 amide bonds. The first-order valence-corrected chi connectivity index (χ1v) is 4.25. The Morgan fingerprint density at radius 3 is 3.00 bits per heavy atom. The Kier molecular flexibility index (Phi) is 3.72. The molecule has 2 N–H and O–H groups in total. The molecule has 0 spiro atoms. The van der Waals surface area contributed by atoms with Crippen LogP contribution in [0.15, 0.2) is 24.3 Å². The van der Waals surface area contributed by atoms with Crippen molar-refractivity contribution in [3.63, 3.8) is 0 Å². The van der Waals surface area contributed by atoms with Crippen LogP contribution < -0.4 is 10.5 Å². The van der Waals surface area contributed by atoms with Crippen LogP contribution in [0.5, 0.6) is 5.75 Å². The standard InChI is InChI=1S/C11H13NO/c1-2-3-4-8-13-11-7-5-6-10(12)9-11/h1,5-7,9H,3-4,8,12H2. The van der Waals surface area contributed by atoms with Crippen molar-refractivity contribution in [3.05, 3.63) is 24.3 Å². The van der Waals surface area contributed by atoms with Gasteiger partial charge in [-0.3, -0.25) is 0 Å². The maximum absolute atomic E-state index is 5.58. The maximum Gasteiger partial charge on any atom is 0.121 e. The van der Waals surface area contributed by atoms with Gasteiger partial charge in [0.1, 0.15) is 5.75 Å². The highest BCUT2D eigenvalue weighted by Crippen LogP contribution is 2.14. The first kappa shape index (κ1) is 9.47. The highest BCUT2D eigenvalue weighted by molar-refractivity contribution is 5.43. The molecule has 2 nitrogen and oxygen atoms in total. The van der Waals surface area contributed by atoms with E-state index in [0.717, 1.165) is 24.3 Å². The van der Waals surface area contributed by atoms with Crippen LogP contribution >= 0.6 is 0 Å². The summed E-state index contributed by atoms with van der Waals surface area (Å²) in [6, 6.07) is 7.38. The lowest BCUT2D eigenvalue weighted by atomic mass is 10.3. The van der Waals surface area contributed by atoms with Gasteiger partial charge in [-0.2, -0.15) is 0 Å². The predicted octanol–water partition coefficient (Wildman–Crippen LogP) is 2.06. The number of rotatable bonds is 4. The highest BCUT2D eigenvalue weighted by Gasteiger charge is 1.92. The molecule has 68 valence electrons. The summed E-state index contributed by atoms with van der Waals surface area (Å²) < 4.78 is 5.41. The molecule has 0 saturated carbocycles. The first-order valence-electron chi connectivity index (χ1n) is 4.25. The van der Waals surface area contributed by atoms with Crippen molar-refractivity contribution in [1.82, 2.24) is 0 Å². The molecule has 0 unspecified atom stereocenters. The summed E-state index contributed by atoms with van der Waals surface area (Å²) >= 11 is 0. The second kappa shape index (κ2) is 5.10. The molecule has 0 radical (unpaired) electrons. The normalized spacial score (nSPS) is 9.15. The molecule has 0 saturated heterocycles. The minimum atomic E-state index is 0.646. The zero-order chi connectivity index (χ0) is 9.52. The summed E-state index contributed by atoms with van der Waals surface area (Å²) in [5, 5.41) is 0. The summed E-state index contributed by atoms with van der Waals surface area (Å²) in [7, 11) is 0. The summed E-state index contributed by atoms with van der Waals surface area (Å²) in [5.74, 6) is 3.36. The van der Waals surface area contributed by atoms with Gasteiger partial charge in [-0.05, 0) is 18.6 Å². The van der Waals surface area contributed by atoms with E-state index in [1.807, 2.05) is 18.2 Å². The van der Waals surface area contributed by atoms with E-state index < -0.39 is 0 Å². The fraction of sp³-hybridized carbons (Fsp3) is 0.273. The average molecular weight is 175 g/mol. The molecule has 1 aromatic carbocycles. The summed E-state index contributed by atoms with van der Waals surface area (Å²) in [4.78, 5) is 0. The van der Waals surface area contributed by atoms with Gasteiger partial charge in [0, 0.05) is 18.2 Å². The van der Waals surface area contributed by atoms with E-state index in [-0.39, 0.29) is 0 Å². The van der Waals surface area contributed by atoms with Crippen LogP contribution in [0, 0.1) is 12.3 Å². The van der Waals surface area contributed by atoms with E-state index in [2.05, 4.69) is 5.92 Å². The van der Waals surface area contributed by atoms with Gasteiger partial charge in [0.05, 0.1) is 6.61 Å². The van der Waals surface area contributed by atoms with Crippen LogP contribution in [0.2, 0.25) is 0 Å². The number of nitrogen functional groups attached to an aromatic ring is 1. The molecule has 1 rings (SSSR count). The average Bonchev–Trinajstić information content (AvgIpc) is 2.13. The molecule has 0 aliphatic heterocycles. The molecule has 0 aromatic heterocycles. The molecule has 0 aliphatic rings. The van der Waals surface area contributed by atoms with Crippen molar-refractivity contribution in [3.8, 4) is 18.1 Å². The van der Waals surface area contributed by atoms with Crippen LogP contribution in [0.25, 0.3) is 0 Å². The molecule has 0 bridgehead atoms. The van der Waals surface area contributed by atoms with Crippen molar-refractivity contribution >= 4 is 5.69 Å². The SMILES string of the molecule is C#CCCCOc1cccc(N)c1. The molecule has 1 aromatic rings. The molecule has 0 aliphatic carbocycles. The predicted molar refractivity (Wildman–Crippen MR) is 54.4 cm³/mol. The van der Waals surface area contributed by atoms with Crippen molar-refractivity contribution in [2.45, 2.75) is 12.8 Å². The van der Waals surface area contributed by atoms with E-state index in [4.69, 9.17) is 16.9 Å². The molecule has 0 heterocycles. The van der Waals surface area contributed by atoms with E-state index in [0.29, 0.717) is 6.61 Å². The maximum atomic E-state index is 5.58. The van der Waals surface area contributed by atoms with Crippen LogP contribution in [0.1, 0.15) is 12.8 Å². The molecule has 0 fully saturated rings. The van der Waals surface area contributed by atoms with Crippen molar-refractivity contribution in [2.75, 3.05) is 12.3 Å². The molecular weight excluding hydrogens is 162 g/mol. The number of unbranched alkanes of at least 4 members (excludes halogenated alkanes) is 1. The smallest absolute Gasteiger partial charge is 0.121 e. The third-order valence-electron chi connectivity index (χ3n) is 1.59. The second-order valence-corrected chi connectivity index (χ2v) is 2.73. The summed E-state index contributed by atoms with van der Waals surface area (Å²) in [6.07, 6.45) is 6.74. The molecule has 13 heavy (non-hydrogen) atoms. The highest BCUT2D eigenvalue weighted by atomic mass is 16.5. The lowest BCUT2D eigenvalue weighted by Gasteiger charge is -2.04. The van der Waals surface area contributed by atoms with Gasteiger partial charge in [-0.15, -0.1) is 12.3 Å². The van der Waals surface area contributed by atoms with E-state index in [9.17, 15) is 0 Å². The number of hydrogen-bond donors (Lipinski definition) is 1. The van der Waals surface area contributed by atoms with Gasteiger partial charge >= 0.3 is 0 Å². The van der Waals surface area contributed by atoms with Gasteiger partial charge in [0.2, 0.25) is 0 Å². The number of nitrogens with two attached hydrogens (primary N) is 1. The van der Waals surface area contributed by atoms with E-state index >= 15 is 0 Å². The van der Waals surface area contributed by atoms with Crippen molar-refractivity contribution < 1.29 is 4.74 Å². The van der Waals surface area contributed by atoms with Crippen molar-refractivity contribution in [1.29, 1.82) is 0 Å². The third kappa shape index (κ3) is 3.53. The minimum absolute atomic E-state index is 0.646. The van der Waals surface area contributed by atoms with Gasteiger partial charge in [0.25, 0.3) is 0 Å². The number of terminal acetylenes is 1. The van der Waals surface area contributed by atoms with Gasteiger partial charge in [0.15, 0.2) is 0 Å². The zero-order valence-corrected chi connectivity index (χ0v) is 7.49. The fourth-order valence-electron chi connectivity index (χ4n) is 0.969. The third-order valence-corrected chi connectivity index (χ3v) is 1.59. The topological polar surface area (TPSA) is 35.2 Å². The zero-order valence-electron chi connectivity index (χ0n) is 7.49. The lowest BCUT2D eigenvalue weighted by molar-refractivity contribution is 0.313. The van der Waals surface area contributed by atoms with Crippen LogP contribution in [0.3, 0.4) is 0 Å². The summed E-state index contributed by atoms with van der Waals surface area (Å²) in [5.41, 5.74) is 6.29. The molecule has 0 atom stereocenters. The Balaban J connectivity index is 2.33. The van der Waals surface area contributed by atoms with Crippen LogP contribution in [-0.2, 0) is 0 Å². The number of ether oxygens (including phenoxy) is 1. The molecule has 2 heteroatoms. The largest absolute Gasteiger partial charge is 0.493 e. The first-order chi connectivity index (χ1) is 6.33. The van der Waals surface area contributed by atoms with Crippen LogP contribution in [-0.4, -0.2) is 6.61 Å². The number of hydrogen-bond acceptors (Lipinski definition) is 2. The minimum Gasteiger partial charge on any atom is -0.493 e. The number of benzene rings is 1. The Bertz CT molecular complexity index is 301. The van der Waals surface area contributed by atoms with Crippen molar-refractivity contribution in [2.24, 2.45) is 0 Å². The van der Waals surface area contributed by atoms with E-state index in [1.54, 1.807) is 6.07 Å². The number of anilines is 1. The Hall–Kier alpha value is -1.62. The van der Waals surface area contributed by atoms with Gasteiger partial charge < -0.3 is 10.5 Å². The van der Waals surface area contributed by atoms with E-state index in [1.165, 1.54) is 0 Å². The fourth-order valence-corrected chi connectivity index (χ4v) is 0.969. The second-order valence-electron chi connectivity index (χ2n) is 2.73. The summed E-state index contributed by atoms with van der Waals surface area (Å²) in [6.45, 7) is 0.646. The van der Waals surface area contributed by atoms with Crippen LogP contribution in [0.4, 0.5) is 5.69 Å². The van der Waals surface area contributed by atoms with Gasteiger partial charge in [-0.25, -0.2) is 0 Å². The Morgan fingerprint density at radius 2 is 2.31 bits per heavy atom. The molecular formula is C11H13NO. The quantitative estimate of drug-likeness (QED) is 0.432. The lowest BCUT2D eigenvalue weighted by Crippen LogP contribution is -1.97. The van der Waals surface area contributed by atoms with Gasteiger partial charge in [-0.1, -0.05) is 6.07 Å². The monoisotopic (exact) mass is 175 g/mol. The Labute approximate surface area is 78.7 Å².